The first kappa shape index (κ1) is 13.4. The molecule has 0 unspecified atom stereocenters. The highest BCUT2D eigenvalue weighted by Gasteiger charge is 2.02. The lowest BCUT2D eigenvalue weighted by Gasteiger charge is -1.84. The summed E-state index contributed by atoms with van der Waals surface area (Å²) in [5, 5.41) is 7.90. The van der Waals surface area contributed by atoms with E-state index >= 15 is 0 Å². The zero-order valence-corrected chi connectivity index (χ0v) is 10.1. The van der Waals surface area contributed by atoms with Gasteiger partial charge in [0, 0.05) is 19.3 Å². The minimum absolute atomic E-state index is 0.769. The molecule has 0 aromatic carbocycles. The first-order valence-electron chi connectivity index (χ1n) is 5.26. The fourth-order valence-electron chi connectivity index (χ4n) is 0.896. The molecule has 4 heteroatoms. The van der Waals surface area contributed by atoms with E-state index in [1.165, 1.54) is 6.26 Å². The van der Waals surface area contributed by atoms with Crippen LogP contribution in [0.2, 0.25) is 0 Å². The van der Waals surface area contributed by atoms with Crippen molar-refractivity contribution in [1.29, 1.82) is 0 Å². The third-order valence-corrected chi connectivity index (χ3v) is 1.41. The van der Waals surface area contributed by atoms with Gasteiger partial charge in [0.2, 0.25) is 0 Å². The van der Waals surface area contributed by atoms with Crippen LogP contribution in [0.3, 0.4) is 0 Å². The second-order valence-electron chi connectivity index (χ2n) is 2.26. The monoisotopic (exact) mass is 209 g/mol. The number of nitrogens with zero attached hydrogens (tertiary/aromatic N) is 3. The van der Waals surface area contributed by atoms with Gasteiger partial charge in [-0.1, -0.05) is 32.9 Å². The standard InChI is InChI=1S/C7H7N3O.2C2H6/c1-10-4-2-6(8-10)7-3-5-11-9-7;2*1-2/h2-5H,1H3;2*1-2H3. The fraction of sp³-hybridized carbons (Fsp3) is 0.455. The lowest BCUT2D eigenvalue weighted by atomic mass is 10.3. The van der Waals surface area contributed by atoms with Gasteiger partial charge in [0.05, 0.1) is 0 Å². The Kier molecular flexibility index (Phi) is 6.97. The number of hydrogen-bond donors (Lipinski definition) is 0. The average molecular weight is 209 g/mol. The van der Waals surface area contributed by atoms with Crippen LogP contribution in [0, 0.1) is 0 Å². The van der Waals surface area contributed by atoms with Gasteiger partial charge in [-0.2, -0.15) is 5.10 Å². The minimum atomic E-state index is 0.769. The molecule has 15 heavy (non-hydrogen) atoms. The van der Waals surface area contributed by atoms with E-state index in [9.17, 15) is 0 Å². The van der Waals surface area contributed by atoms with Gasteiger partial charge < -0.3 is 4.52 Å². The summed E-state index contributed by atoms with van der Waals surface area (Å²) in [6, 6.07) is 3.67. The number of hydrogen-bond acceptors (Lipinski definition) is 3. The molecule has 0 atom stereocenters. The van der Waals surface area contributed by atoms with Crippen molar-refractivity contribution in [3.8, 4) is 11.4 Å². The summed E-state index contributed by atoms with van der Waals surface area (Å²) in [5.41, 5.74) is 1.60. The summed E-state index contributed by atoms with van der Waals surface area (Å²) in [7, 11) is 1.86. The first-order valence-corrected chi connectivity index (χ1v) is 5.26. The highest BCUT2D eigenvalue weighted by atomic mass is 16.5. The van der Waals surface area contributed by atoms with Gasteiger partial charge in [0.15, 0.2) is 0 Å². The van der Waals surface area contributed by atoms with E-state index in [1.807, 2.05) is 47.0 Å². The number of aromatic nitrogens is 3. The van der Waals surface area contributed by atoms with E-state index in [0.29, 0.717) is 0 Å². The van der Waals surface area contributed by atoms with Crippen molar-refractivity contribution in [2.45, 2.75) is 27.7 Å². The van der Waals surface area contributed by atoms with Crippen molar-refractivity contribution in [3.05, 3.63) is 24.6 Å². The Labute approximate surface area is 90.9 Å². The topological polar surface area (TPSA) is 43.9 Å². The highest BCUT2D eigenvalue weighted by molar-refractivity contribution is 5.51. The van der Waals surface area contributed by atoms with Gasteiger partial charge in [0.1, 0.15) is 17.7 Å². The molecule has 0 aliphatic rings. The van der Waals surface area contributed by atoms with Crippen molar-refractivity contribution < 1.29 is 4.52 Å². The molecule has 0 radical (unpaired) electrons. The van der Waals surface area contributed by atoms with Gasteiger partial charge >= 0.3 is 0 Å². The predicted molar refractivity (Wildman–Crippen MR) is 61.4 cm³/mol. The zero-order chi connectivity index (χ0) is 11.7. The maximum absolute atomic E-state index is 4.68. The fourth-order valence-corrected chi connectivity index (χ4v) is 0.896. The average Bonchev–Trinajstić information content (AvgIpc) is 2.94. The first-order chi connectivity index (χ1) is 7.36. The number of aryl methyl sites for hydroxylation is 1. The molecular weight excluding hydrogens is 190 g/mol. The third-order valence-electron chi connectivity index (χ3n) is 1.41. The second kappa shape index (κ2) is 7.79. The largest absolute Gasteiger partial charge is 0.364 e. The Bertz CT molecular complexity index is 338. The predicted octanol–water partition coefficient (Wildman–Crippen LogP) is 3.13. The molecule has 4 nitrogen and oxygen atoms in total. The molecule has 2 rings (SSSR count). The third kappa shape index (κ3) is 3.97. The summed E-state index contributed by atoms with van der Waals surface area (Å²) in [5.74, 6) is 0. The lowest BCUT2D eigenvalue weighted by Crippen LogP contribution is -1.87. The van der Waals surface area contributed by atoms with Crippen molar-refractivity contribution in [2.75, 3.05) is 0 Å². The van der Waals surface area contributed by atoms with Crippen LogP contribution in [0.1, 0.15) is 27.7 Å². The van der Waals surface area contributed by atoms with Crippen LogP contribution in [-0.4, -0.2) is 14.9 Å². The summed E-state index contributed by atoms with van der Waals surface area (Å²) in [6.07, 6.45) is 3.40. The Balaban J connectivity index is 0.000000442. The van der Waals surface area contributed by atoms with Crippen LogP contribution in [0.4, 0.5) is 0 Å². The quantitative estimate of drug-likeness (QED) is 0.724. The molecule has 0 saturated carbocycles. The van der Waals surface area contributed by atoms with Crippen molar-refractivity contribution in [2.24, 2.45) is 7.05 Å². The number of rotatable bonds is 1. The van der Waals surface area contributed by atoms with Crippen LogP contribution in [-0.2, 0) is 7.05 Å². The van der Waals surface area contributed by atoms with E-state index < -0.39 is 0 Å². The van der Waals surface area contributed by atoms with Gasteiger partial charge in [-0.05, 0) is 6.07 Å². The normalized spacial score (nSPS) is 8.33. The van der Waals surface area contributed by atoms with Crippen LogP contribution in [0.25, 0.3) is 11.4 Å². The molecule has 0 spiro atoms. The lowest BCUT2D eigenvalue weighted by molar-refractivity contribution is 0.422. The molecule has 2 heterocycles. The van der Waals surface area contributed by atoms with Crippen molar-refractivity contribution in [3.63, 3.8) is 0 Å². The molecule has 0 aliphatic carbocycles. The Morgan fingerprint density at radius 3 is 2.13 bits per heavy atom. The second-order valence-corrected chi connectivity index (χ2v) is 2.26. The highest BCUT2D eigenvalue weighted by Crippen LogP contribution is 2.12. The van der Waals surface area contributed by atoms with Gasteiger partial charge in [-0.3, -0.25) is 4.68 Å². The van der Waals surface area contributed by atoms with E-state index in [2.05, 4.69) is 14.8 Å². The molecule has 0 amide bonds. The molecule has 0 bridgehead atoms. The van der Waals surface area contributed by atoms with E-state index in [1.54, 1.807) is 10.7 Å². The molecule has 2 aromatic rings. The Morgan fingerprint density at radius 1 is 1.07 bits per heavy atom. The van der Waals surface area contributed by atoms with Gasteiger partial charge in [-0.25, -0.2) is 0 Å². The summed E-state index contributed by atoms with van der Waals surface area (Å²) in [4.78, 5) is 0. The van der Waals surface area contributed by atoms with E-state index in [4.69, 9.17) is 0 Å². The zero-order valence-electron chi connectivity index (χ0n) is 10.1. The molecule has 2 aromatic heterocycles. The van der Waals surface area contributed by atoms with Crippen molar-refractivity contribution in [1.82, 2.24) is 14.9 Å². The maximum atomic E-state index is 4.68. The van der Waals surface area contributed by atoms with E-state index in [0.717, 1.165) is 11.4 Å². The summed E-state index contributed by atoms with van der Waals surface area (Å²) >= 11 is 0. The maximum Gasteiger partial charge on any atom is 0.134 e. The summed E-state index contributed by atoms with van der Waals surface area (Å²) in [6.45, 7) is 8.00. The molecule has 0 N–H and O–H groups in total. The summed E-state index contributed by atoms with van der Waals surface area (Å²) < 4.78 is 6.41. The van der Waals surface area contributed by atoms with Crippen LogP contribution < -0.4 is 0 Å². The van der Waals surface area contributed by atoms with Crippen LogP contribution in [0.5, 0.6) is 0 Å². The SMILES string of the molecule is CC.CC.Cn1ccc(-c2ccon2)n1. The molecule has 0 saturated heterocycles. The minimum Gasteiger partial charge on any atom is -0.364 e. The van der Waals surface area contributed by atoms with E-state index in [-0.39, 0.29) is 0 Å². The molecular formula is C11H19N3O. The van der Waals surface area contributed by atoms with Gasteiger partial charge in [0.25, 0.3) is 0 Å². The van der Waals surface area contributed by atoms with Crippen molar-refractivity contribution >= 4 is 0 Å². The van der Waals surface area contributed by atoms with Crippen LogP contribution in [0.15, 0.2) is 29.1 Å². The molecule has 0 aliphatic heterocycles. The Hall–Kier alpha value is -1.58. The van der Waals surface area contributed by atoms with Crippen LogP contribution >= 0.6 is 0 Å². The smallest absolute Gasteiger partial charge is 0.134 e. The molecule has 84 valence electrons. The van der Waals surface area contributed by atoms with Gasteiger partial charge in [-0.15, -0.1) is 0 Å². The molecule has 0 fully saturated rings. The Morgan fingerprint density at radius 2 is 1.73 bits per heavy atom.